The Morgan fingerprint density at radius 3 is 2.36 bits per heavy atom. The molecule has 22 heavy (non-hydrogen) atoms. The Hall–Kier alpha value is -1.75. The Morgan fingerprint density at radius 1 is 1.09 bits per heavy atom. The molecule has 1 amide bonds. The predicted octanol–water partition coefficient (Wildman–Crippen LogP) is 2.14. The van der Waals surface area contributed by atoms with Crippen molar-refractivity contribution in [3.05, 3.63) is 23.8 Å². The van der Waals surface area contributed by atoms with E-state index in [0.717, 1.165) is 24.5 Å². The van der Waals surface area contributed by atoms with Gasteiger partial charge in [0.15, 0.2) is 11.5 Å². The van der Waals surface area contributed by atoms with Crippen LogP contribution in [0.25, 0.3) is 0 Å². The maximum absolute atomic E-state index is 11.7. The molecule has 5 heteroatoms. The Balaban J connectivity index is 2.29. The molecule has 2 N–H and O–H groups in total. The van der Waals surface area contributed by atoms with E-state index in [1.165, 1.54) is 5.56 Å². The van der Waals surface area contributed by atoms with Gasteiger partial charge < -0.3 is 20.1 Å². The van der Waals surface area contributed by atoms with Gasteiger partial charge >= 0.3 is 0 Å². The zero-order chi connectivity index (χ0) is 16.6. The van der Waals surface area contributed by atoms with Crippen molar-refractivity contribution in [3.63, 3.8) is 0 Å². The summed E-state index contributed by atoms with van der Waals surface area (Å²) in [6, 6.07) is 5.91. The molecule has 0 spiro atoms. The van der Waals surface area contributed by atoms with Gasteiger partial charge in [0, 0.05) is 18.5 Å². The van der Waals surface area contributed by atoms with Gasteiger partial charge in [0.05, 0.1) is 14.2 Å². The second kappa shape index (κ2) is 8.63. The number of hydrogen-bond donors (Lipinski definition) is 2. The van der Waals surface area contributed by atoms with E-state index in [1.54, 1.807) is 14.2 Å². The smallest absolute Gasteiger partial charge is 0.221 e. The van der Waals surface area contributed by atoms with Gasteiger partial charge in [-0.05, 0) is 51.4 Å². The molecule has 0 atom stereocenters. The first kappa shape index (κ1) is 18.3. The van der Waals surface area contributed by atoms with Gasteiger partial charge in [-0.3, -0.25) is 4.79 Å². The Morgan fingerprint density at radius 2 is 1.77 bits per heavy atom. The van der Waals surface area contributed by atoms with Crippen molar-refractivity contribution < 1.29 is 14.3 Å². The molecule has 1 aromatic carbocycles. The van der Waals surface area contributed by atoms with E-state index in [9.17, 15) is 4.79 Å². The van der Waals surface area contributed by atoms with Gasteiger partial charge in [-0.1, -0.05) is 6.07 Å². The van der Waals surface area contributed by atoms with Crippen LogP contribution in [0.15, 0.2) is 18.2 Å². The quantitative estimate of drug-likeness (QED) is 0.722. The van der Waals surface area contributed by atoms with Crippen LogP contribution in [-0.4, -0.2) is 38.8 Å². The second-order valence-corrected chi connectivity index (χ2v) is 6.24. The first-order chi connectivity index (χ1) is 10.4. The molecular weight excluding hydrogens is 280 g/mol. The number of rotatable bonds is 8. The number of hydrogen-bond acceptors (Lipinski definition) is 4. The number of methoxy groups -OCH3 is 2. The third-order valence-electron chi connectivity index (χ3n) is 3.08. The molecule has 124 valence electrons. The van der Waals surface area contributed by atoms with E-state index in [1.807, 2.05) is 39.0 Å². The molecule has 0 radical (unpaired) electrons. The van der Waals surface area contributed by atoms with E-state index in [-0.39, 0.29) is 11.4 Å². The summed E-state index contributed by atoms with van der Waals surface area (Å²) in [5.74, 6) is 1.55. The molecule has 0 saturated carbocycles. The largest absolute Gasteiger partial charge is 0.493 e. The summed E-state index contributed by atoms with van der Waals surface area (Å²) >= 11 is 0. The lowest BCUT2D eigenvalue weighted by molar-refractivity contribution is -0.122. The van der Waals surface area contributed by atoms with Crippen LogP contribution >= 0.6 is 0 Å². The Kier molecular flexibility index (Phi) is 7.18. The third-order valence-corrected chi connectivity index (χ3v) is 3.08. The molecule has 0 aliphatic rings. The number of amides is 1. The summed E-state index contributed by atoms with van der Waals surface area (Å²) in [5, 5.41) is 6.23. The van der Waals surface area contributed by atoms with Crippen molar-refractivity contribution in [2.24, 2.45) is 0 Å². The summed E-state index contributed by atoms with van der Waals surface area (Å²) in [5.41, 5.74) is 1.00. The van der Waals surface area contributed by atoms with E-state index >= 15 is 0 Å². The zero-order valence-corrected chi connectivity index (χ0v) is 14.3. The summed E-state index contributed by atoms with van der Waals surface area (Å²) in [7, 11) is 3.26. The molecule has 0 bridgehead atoms. The number of carbonyl (C=O) groups is 1. The summed E-state index contributed by atoms with van der Waals surface area (Å²) in [6.07, 6.45) is 1.37. The van der Waals surface area contributed by atoms with Gasteiger partial charge in [-0.2, -0.15) is 0 Å². The van der Waals surface area contributed by atoms with Crippen molar-refractivity contribution in [1.82, 2.24) is 10.6 Å². The minimum absolute atomic E-state index is 0.0751. The third kappa shape index (κ3) is 6.80. The van der Waals surface area contributed by atoms with E-state index < -0.39 is 0 Å². The molecule has 0 heterocycles. The van der Waals surface area contributed by atoms with Crippen LogP contribution < -0.4 is 20.1 Å². The lowest BCUT2D eigenvalue weighted by Gasteiger charge is -2.20. The van der Waals surface area contributed by atoms with Crippen LogP contribution in [0.5, 0.6) is 11.5 Å². The van der Waals surface area contributed by atoms with Crippen molar-refractivity contribution in [2.45, 2.75) is 39.2 Å². The highest BCUT2D eigenvalue weighted by Gasteiger charge is 2.12. The van der Waals surface area contributed by atoms with Gasteiger partial charge in [-0.15, -0.1) is 0 Å². The van der Waals surface area contributed by atoms with Crippen molar-refractivity contribution in [2.75, 3.05) is 27.3 Å². The van der Waals surface area contributed by atoms with Gasteiger partial charge in [0.25, 0.3) is 0 Å². The number of ether oxygens (including phenoxy) is 2. The number of nitrogens with one attached hydrogen (secondary N) is 2. The monoisotopic (exact) mass is 308 g/mol. The molecule has 0 aliphatic heterocycles. The minimum Gasteiger partial charge on any atom is -0.493 e. The van der Waals surface area contributed by atoms with E-state index in [4.69, 9.17) is 9.47 Å². The predicted molar refractivity (Wildman–Crippen MR) is 88.6 cm³/mol. The highest BCUT2D eigenvalue weighted by molar-refractivity contribution is 5.76. The van der Waals surface area contributed by atoms with Crippen molar-refractivity contribution in [3.8, 4) is 11.5 Å². The SMILES string of the molecule is COc1ccc(CCNCCC(=O)NC(C)(C)C)cc1OC. The minimum atomic E-state index is -0.170. The average Bonchev–Trinajstić information content (AvgIpc) is 2.44. The summed E-state index contributed by atoms with van der Waals surface area (Å²) in [6.45, 7) is 7.44. The molecule has 0 aliphatic carbocycles. The van der Waals surface area contributed by atoms with Crippen LogP contribution in [0.1, 0.15) is 32.8 Å². The fourth-order valence-corrected chi connectivity index (χ4v) is 2.08. The van der Waals surface area contributed by atoms with Crippen LogP contribution in [-0.2, 0) is 11.2 Å². The Bertz CT molecular complexity index is 481. The lowest BCUT2D eigenvalue weighted by atomic mass is 10.1. The van der Waals surface area contributed by atoms with E-state index in [2.05, 4.69) is 10.6 Å². The molecule has 0 saturated heterocycles. The molecule has 0 fully saturated rings. The summed E-state index contributed by atoms with van der Waals surface area (Å²) in [4.78, 5) is 11.7. The standard InChI is InChI=1S/C17H28N2O3/c1-17(2,3)19-16(20)9-11-18-10-8-13-6-7-14(21-4)15(12-13)22-5/h6-7,12,18H,8-11H2,1-5H3,(H,19,20). The molecule has 1 aromatic rings. The first-order valence-electron chi connectivity index (χ1n) is 7.58. The maximum Gasteiger partial charge on any atom is 0.221 e. The van der Waals surface area contributed by atoms with Crippen LogP contribution in [0, 0.1) is 0 Å². The van der Waals surface area contributed by atoms with E-state index in [0.29, 0.717) is 13.0 Å². The molecular formula is C17H28N2O3. The lowest BCUT2D eigenvalue weighted by Crippen LogP contribution is -2.41. The molecule has 5 nitrogen and oxygen atoms in total. The molecule has 0 unspecified atom stereocenters. The highest BCUT2D eigenvalue weighted by Crippen LogP contribution is 2.27. The summed E-state index contributed by atoms with van der Waals surface area (Å²) < 4.78 is 10.5. The number of carbonyl (C=O) groups excluding carboxylic acids is 1. The maximum atomic E-state index is 11.7. The second-order valence-electron chi connectivity index (χ2n) is 6.24. The van der Waals surface area contributed by atoms with Crippen molar-refractivity contribution >= 4 is 5.91 Å². The van der Waals surface area contributed by atoms with Gasteiger partial charge in [0.1, 0.15) is 0 Å². The zero-order valence-electron chi connectivity index (χ0n) is 14.3. The first-order valence-corrected chi connectivity index (χ1v) is 7.58. The van der Waals surface area contributed by atoms with Gasteiger partial charge in [-0.25, -0.2) is 0 Å². The fourth-order valence-electron chi connectivity index (χ4n) is 2.08. The van der Waals surface area contributed by atoms with Crippen LogP contribution in [0.2, 0.25) is 0 Å². The number of benzene rings is 1. The normalized spacial score (nSPS) is 11.1. The van der Waals surface area contributed by atoms with Crippen molar-refractivity contribution in [1.29, 1.82) is 0 Å². The topological polar surface area (TPSA) is 59.6 Å². The molecule has 0 aromatic heterocycles. The van der Waals surface area contributed by atoms with Gasteiger partial charge in [0.2, 0.25) is 5.91 Å². The Labute approximate surface area is 133 Å². The fraction of sp³-hybridized carbons (Fsp3) is 0.588. The highest BCUT2D eigenvalue weighted by atomic mass is 16.5. The van der Waals surface area contributed by atoms with Crippen LogP contribution in [0.3, 0.4) is 0 Å². The average molecular weight is 308 g/mol. The van der Waals surface area contributed by atoms with Crippen LogP contribution in [0.4, 0.5) is 0 Å². The molecule has 1 rings (SSSR count).